The van der Waals surface area contributed by atoms with Crippen molar-refractivity contribution in [3.8, 4) is 17.2 Å². The zero-order valence-electron chi connectivity index (χ0n) is 11.2. The summed E-state index contributed by atoms with van der Waals surface area (Å²) in [5.41, 5.74) is 0.591. The van der Waals surface area contributed by atoms with Crippen LogP contribution in [0.3, 0.4) is 0 Å². The van der Waals surface area contributed by atoms with Crippen LogP contribution in [-0.2, 0) is 0 Å². The molecular formula is C14H16N2O2S2. The Hall–Kier alpha value is -1.14. The fraction of sp³-hybridized carbons (Fsp3) is 0.429. The highest BCUT2D eigenvalue weighted by Gasteiger charge is 2.30. The highest BCUT2D eigenvalue weighted by molar-refractivity contribution is 8.06. The van der Waals surface area contributed by atoms with Crippen LogP contribution in [0, 0.1) is 0 Å². The molecule has 4 nitrogen and oxygen atoms in total. The van der Waals surface area contributed by atoms with Gasteiger partial charge in [0.2, 0.25) is 0 Å². The smallest absolute Gasteiger partial charge is 0.261 e. The number of benzene rings is 1. The number of rotatable bonds is 3. The predicted octanol–water partition coefficient (Wildman–Crippen LogP) is 3.74. The molecule has 0 aliphatic carbocycles. The lowest BCUT2D eigenvalue weighted by atomic mass is 10.2. The second-order valence-electron chi connectivity index (χ2n) is 4.58. The van der Waals surface area contributed by atoms with E-state index in [0.717, 1.165) is 18.0 Å². The van der Waals surface area contributed by atoms with Crippen molar-refractivity contribution in [3.05, 3.63) is 30.1 Å². The molecule has 1 N–H and O–H groups in total. The van der Waals surface area contributed by atoms with Crippen LogP contribution in [0.2, 0.25) is 0 Å². The monoisotopic (exact) mass is 308 g/mol. The van der Waals surface area contributed by atoms with Crippen molar-refractivity contribution in [1.29, 1.82) is 0 Å². The lowest BCUT2D eigenvalue weighted by Gasteiger charge is -2.27. The molecule has 0 amide bonds. The molecule has 1 fully saturated rings. The van der Waals surface area contributed by atoms with Crippen molar-refractivity contribution < 1.29 is 9.63 Å². The number of hydrogen-bond acceptors (Lipinski definition) is 6. The van der Waals surface area contributed by atoms with E-state index >= 15 is 0 Å². The van der Waals surface area contributed by atoms with Crippen LogP contribution < -0.4 is 0 Å². The Balaban J connectivity index is 1.88. The Morgan fingerprint density at radius 3 is 2.90 bits per heavy atom. The molecule has 0 spiro atoms. The van der Waals surface area contributed by atoms with E-state index in [4.69, 9.17) is 4.52 Å². The van der Waals surface area contributed by atoms with E-state index in [1.54, 1.807) is 18.2 Å². The summed E-state index contributed by atoms with van der Waals surface area (Å²) >= 11 is 3.88. The molecule has 2 atom stereocenters. The van der Waals surface area contributed by atoms with Gasteiger partial charge in [-0.2, -0.15) is 16.7 Å². The number of phenolic OH excluding ortho intramolecular Hbond substituents is 1. The van der Waals surface area contributed by atoms with Crippen molar-refractivity contribution in [2.45, 2.75) is 23.8 Å². The van der Waals surface area contributed by atoms with E-state index in [-0.39, 0.29) is 11.0 Å². The first-order chi connectivity index (χ1) is 9.79. The van der Waals surface area contributed by atoms with Gasteiger partial charge in [-0.1, -0.05) is 24.2 Å². The third-order valence-electron chi connectivity index (χ3n) is 3.28. The van der Waals surface area contributed by atoms with Crippen molar-refractivity contribution in [2.24, 2.45) is 0 Å². The third-order valence-corrected chi connectivity index (χ3v) is 6.53. The van der Waals surface area contributed by atoms with Crippen LogP contribution in [0.25, 0.3) is 11.5 Å². The second kappa shape index (κ2) is 6.10. The van der Waals surface area contributed by atoms with Gasteiger partial charge in [0.1, 0.15) is 5.75 Å². The summed E-state index contributed by atoms with van der Waals surface area (Å²) < 4.78 is 5.33. The van der Waals surface area contributed by atoms with Crippen LogP contribution in [-0.4, -0.2) is 32.0 Å². The molecule has 20 heavy (non-hydrogen) atoms. The largest absolute Gasteiger partial charge is 0.507 e. The van der Waals surface area contributed by atoms with Gasteiger partial charge in [0, 0.05) is 16.8 Å². The molecule has 2 aromatic rings. The summed E-state index contributed by atoms with van der Waals surface area (Å²) in [4.78, 5) is 4.49. The summed E-state index contributed by atoms with van der Waals surface area (Å²) in [6.45, 7) is 2.20. The van der Waals surface area contributed by atoms with Crippen molar-refractivity contribution in [2.75, 3.05) is 11.5 Å². The Kier molecular flexibility index (Phi) is 4.21. The number of hydrogen-bond donors (Lipinski definition) is 1. The molecule has 1 aromatic carbocycles. The molecule has 1 saturated heterocycles. The van der Waals surface area contributed by atoms with Crippen LogP contribution in [0.5, 0.6) is 5.75 Å². The number of para-hydroxylation sites is 1. The molecule has 0 saturated carbocycles. The maximum absolute atomic E-state index is 9.84. The molecule has 0 radical (unpaired) electrons. The maximum atomic E-state index is 9.84. The van der Waals surface area contributed by atoms with E-state index < -0.39 is 0 Å². The molecule has 3 rings (SSSR count). The molecular weight excluding hydrogens is 292 g/mol. The number of nitrogens with zero attached hydrogens (tertiary/aromatic N) is 2. The summed E-state index contributed by atoms with van der Waals surface area (Å²) in [5, 5.41) is 14.8. The van der Waals surface area contributed by atoms with Crippen LogP contribution in [0.1, 0.15) is 24.4 Å². The van der Waals surface area contributed by atoms with Gasteiger partial charge in [-0.05, 0) is 18.6 Å². The quantitative estimate of drug-likeness (QED) is 0.932. The topological polar surface area (TPSA) is 59.2 Å². The summed E-state index contributed by atoms with van der Waals surface area (Å²) in [6, 6.07) is 7.03. The Bertz CT molecular complexity index is 588. The molecule has 1 aromatic heterocycles. The molecule has 1 aliphatic rings. The first-order valence-electron chi connectivity index (χ1n) is 6.64. The number of phenols is 1. The molecule has 0 bridgehead atoms. The van der Waals surface area contributed by atoms with Crippen molar-refractivity contribution >= 4 is 23.5 Å². The second-order valence-corrected chi connectivity index (χ2v) is 7.18. The van der Waals surface area contributed by atoms with Gasteiger partial charge >= 0.3 is 0 Å². The van der Waals surface area contributed by atoms with E-state index in [1.807, 2.05) is 29.6 Å². The van der Waals surface area contributed by atoms with Crippen LogP contribution >= 0.6 is 23.5 Å². The minimum Gasteiger partial charge on any atom is -0.507 e. The molecule has 1 aliphatic heterocycles. The standard InChI is InChI=1S/C14H16N2O2S2/c1-2-11-12(20-8-7-19-11)13-15-14(18-16-13)9-5-3-4-6-10(9)17/h3-6,11-12,17H,2,7-8H2,1H3. The van der Waals surface area contributed by atoms with E-state index in [1.165, 1.54) is 5.75 Å². The van der Waals surface area contributed by atoms with Crippen LogP contribution in [0.15, 0.2) is 28.8 Å². The van der Waals surface area contributed by atoms with E-state index in [2.05, 4.69) is 17.1 Å². The first kappa shape index (κ1) is 13.8. The minimum absolute atomic E-state index is 0.167. The highest BCUT2D eigenvalue weighted by Crippen LogP contribution is 2.43. The van der Waals surface area contributed by atoms with Gasteiger partial charge in [-0.25, -0.2) is 0 Å². The highest BCUT2D eigenvalue weighted by atomic mass is 32.2. The SMILES string of the molecule is CCC1SCCSC1c1noc(-c2ccccc2O)n1. The molecule has 2 unspecified atom stereocenters. The molecule has 2 heterocycles. The predicted molar refractivity (Wildman–Crippen MR) is 83.1 cm³/mol. The van der Waals surface area contributed by atoms with Gasteiger partial charge in [0.25, 0.3) is 5.89 Å². The lowest BCUT2D eigenvalue weighted by molar-refractivity contribution is 0.416. The first-order valence-corrected chi connectivity index (χ1v) is 8.74. The van der Waals surface area contributed by atoms with Crippen molar-refractivity contribution in [3.63, 3.8) is 0 Å². The normalized spacial score (nSPS) is 22.9. The van der Waals surface area contributed by atoms with E-state index in [0.29, 0.717) is 16.7 Å². The average Bonchev–Trinajstić information content (AvgIpc) is 2.97. The summed E-state index contributed by atoms with van der Waals surface area (Å²) in [5.74, 6) is 3.60. The maximum Gasteiger partial charge on any atom is 0.261 e. The minimum atomic E-state index is 0.167. The lowest BCUT2D eigenvalue weighted by Crippen LogP contribution is -2.19. The summed E-state index contributed by atoms with van der Waals surface area (Å²) in [6.07, 6.45) is 1.10. The Morgan fingerprint density at radius 2 is 2.10 bits per heavy atom. The number of aromatic nitrogens is 2. The van der Waals surface area contributed by atoms with Gasteiger partial charge in [0.05, 0.1) is 10.8 Å². The summed E-state index contributed by atoms with van der Waals surface area (Å²) in [7, 11) is 0. The van der Waals surface area contributed by atoms with Gasteiger partial charge < -0.3 is 9.63 Å². The zero-order chi connectivity index (χ0) is 13.9. The Labute approximate surface area is 126 Å². The number of aromatic hydroxyl groups is 1. The van der Waals surface area contributed by atoms with Gasteiger partial charge in [-0.3, -0.25) is 0 Å². The fourth-order valence-corrected chi connectivity index (χ4v) is 5.24. The molecule has 6 heteroatoms. The van der Waals surface area contributed by atoms with E-state index in [9.17, 15) is 5.11 Å². The van der Waals surface area contributed by atoms with Gasteiger partial charge in [0.15, 0.2) is 5.82 Å². The Morgan fingerprint density at radius 1 is 1.30 bits per heavy atom. The van der Waals surface area contributed by atoms with Crippen molar-refractivity contribution in [1.82, 2.24) is 10.1 Å². The fourth-order valence-electron chi connectivity index (χ4n) is 2.26. The number of thioether (sulfide) groups is 2. The van der Waals surface area contributed by atoms with Crippen LogP contribution in [0.4, 0.5) is 0 Å². The third kappa shape index (κ3) is 2.67. The molecule has 106 valence electrons. The zero-order valence-corrected chi connectivity index (χ0v) is 12.8. The average molecular weight is 308 g/mol. The van der Waals surface area contributed by atoms with Gasteiger partial charge in [-0.15, -0.1) is 11.8 Å².